The van der Waals surface area contributed by atoms with Gasteiger partial charge in [0.25, 0.3) is 5.91 Å². The van der Waals surface area contributed by atoms with Crippen molar-refractivity contribution >= 4 is 11.7 Å². The molecule has 1 saturated carbocycles. The Morgan fingerprint density at radius 3 is 2.63 bits per heavy atom. The van der Waals surface area contributed by atoms with Gasteiger partial charge in [-0.2, -0.15) is 5.10 Å². The molecule has 4 aromatic rings. The Hall–Kier alpha value is -3.74. The zero-order valence-corrected chi connectivity index (χ0v) is 16.2. The molecule has 2 aromatic carbocycles. The second-order valence-corrected chi connectivity index (χ2v) is 7.50. The molecule has 0 bridgehead atoms. The van der Waals surface area contributed by atoms with Crippen molar-refractivity contribution in [3.05, 3.63) is 89.8 Å². The lowest BCUT2D eigenvalue weighted by atomic mass is 10.1. The first-order valence-corrected chi connectivity index (χ1v) is 9.89. The lowest BCUT2D eigenvalue weighted by Gasteiger charge is -2.11. The molecule has 6 nitrogen and oxygen atoms in total. The van der Waals surface area contributed by atoms with E-state index >= 15 is 0 Å². The van der Waals surface area contributed by atoms with Gasteiger partial charge in [0, 0.05) is 17.2 Å². The number of imidazole rings is 1. The van der Waals surface area contributed by atoms with E-state index in [-0.39, 0.29) is 11.7 Å². The van der Waals surface area contributed by atoms with E-state index in [0.29, 0.717) is 29.7 Å². The van der Waals surface area contributed by atoms with E-state index < -0.39 is 0 Å². The van der Waals surface area contributed by atoms with E-state index in [0.717, 1.165) is 29.7 Å². The summed E-state index contributed by atoms with van der Waals surface area (Å²) in [7, 11) is 0. The van der Waals surface area contributed by atoms with Gasteiger partial charge < -0.3 is 9.88 Å². The molecule has 0 aliphatic heterocycles. The third kappa shape index (κ3) is 3.74. The summed E-state index contributed by atoms with van der Waals surface area (Å²) >= 11 is 0. The van der Waals surface area contributed by atoms with Crippen LogP contribution in [0.5, 0.6) is 0 Å². The highest BCUT2D eigenvalue weighted by Gasteiger charge is 2.27. The second-order valence-electron chi connectivity index (χ2n) is 7.50. The van der Waals surface area contributed by atoms with Gasteiger partial charge >= 0.3 is 0 Å². The summed E-state index contributed by atoms with van der Waals surface area (Å²) in [6.07, 6.45) is 3.94. The summed E-state index contributed by atoms with van der Waals surface area (Å²) in [6.45, 7) is 0.540. The predicted octanol–water partition coefficient (Wildman–Crippen LogP) is 4.59. The highest BCUT2D eigenvalue weighted by Crippen LogP contribution is 2.39. The van der Waals surface area contributed by atoms with E-state index in [4.69, 9.17) is 0 Å². The molecule has 0 spiro atoms. The normalized spacial score (nSPS) is 13.4. The van der Waals surface area contributed by atoms with Gasteiger partial charge in [-0.1, -0.05) is 30.3 Å². The van der Waals surface area contributed by atoms with Gasteiger partial charge in [-0.05, 0) is 48.7 Å². The first-order chi connectivity index (χ1) is 14.7. The summed E-state index contributed by atoms with van der Waals surface area (Å²) in [5.74, 6) is 0.400. The van der Waals surface area contributed by atoms with Crippen LogP contribution in [0, 0.1) is 5.82 Å². The highest BCUT2D eigenvalue weighted by molar-refractivity contribution is 6.04. The molecule has 0 unspecified atom stereocenters. The first kappa shape index (κ1) is 18.3. The zero-order valence-electron chi connectivity index (χ0n) is 16.2. The number of amides is 1. The van der Waals surface area contributed by atoms with Gasteiger partial charge in [-0.3, -0.25) is 9.89 Å². The van der Waals surface area contributed by atoms with Crippen molar-refractivity contribution in [2.45, 2.75) is 25.3 Å². The number of carbonyl (C=O) groups is 1. The monoisotopic (exact) mass is 401 g/mol. The van der Waals surface area contributed by atoms with Crippen LogP contribution in [-0.4, -0.2) is 25.7 Å². The number of carbonyl (C=O) groups excluding carboxylic acids is 1. The van der Waals surface area contributed by atoms with Crippen molar-refractivity contribution in [2.24, 2.45) is 0 Å². The van der Waals surface area contributed by atoms with Crippen molar-refractivity contribution in [2.75, 3.05) is 5.32 Å². The maximum atomic E-state index is 13.4. The number of rotatable bonds is 6. The minimum absolute atomic E-state index is 0.309. The molecular weight excluding hydrogens is 381 g/mol. The fraction of sp³-hybridized carbons (Fsp3) is 0.174. The number of anilines is 1. The Labute approximate surface area is 172 Å². The number of H-pyrrole nitrogens is 1. The molecule has 1 fully saturated rings. The maximum absolute atomic E-state index is 13.4. The molecule has 7 heteroatoms. The number of benzene rings is 2. The SMILES string of the molecule is O=C(Nc1c(-c2ccc(F)cc2)ncn1Cc1ccccc1)c1cc(C2CC2)[nH]n1. The van der Waals surface area contributed by atoms with E-state index in [1.54, 1.807) is 18.5 Å². The predicted molar refractivity (Wildman–Crippen MR) is 112 cm³/mol. The molecule has 2 aromatic heterocycles. The van der Waals surface area contributed by atoms with Crippen molar-refractivity contribution in [1.82, 2.24) is 19.7 Å². The zero-order chi connectivity index (χ0) is 20.5. The highest BCUT2D eigenvalue weighted by atomic mass is 19.1. The molecule has 2 heterocycles. The Kier molecular flexibility index (Phi) is 4.63. The van der Waals surface area contributed by atoms with E-state index in [2.05, 4.69) is 20.5 Å². The molecule has 150 valence electrons. The van der Waals surface area contributed by atoms with Crippen LogP contribution in [0.15, 0.2) is 67.0 Å². The molecule has 0 saturated heterocycles. The first-order valence-electron chi connectivity index (χ1n) is 9.89. The fourth-order valence-corrected chi connectivity index (χ4v) is 3.46. The van der Waals surface area contributed by atoms with Crippen molar-refractivity contribution < 1.29 is 9.18 Å². The number of nitrogens with one attached hydrogen (secondary N) is 2. The number of nitrogens with zero attached hydrogens (tertiary/aromatic N) is 3. The van der Waals surface area contributed by atoms with E-state index in [9.17, 15) is 9.18 Å². The Morgan fingerprint density at radius 2 is 1.90 bits per heavy atom. The number of aromatic nitrogens is 4. The van der Waals surface area contributed by atoms with Gasteiger partial charge in [-0.25, -0.2) is 9.37 Å². The van der Waals surface area contributed by atoms with Gasteiger partial charge in [0.15, 0.2) is 5.69 Å². The fourth-order valence-electron chi connectivity index (χ4n) is 3.46. The van der Waals surface area contributed by atoms with Crippen LogP contribution in [0.25, 0.3) is 11.3 Å². The van der Waals surface area contributed by atoms with Crippen LogP contribution in [0.2, 0.25) is 0 Å². The average molecular weight is 401 g/mol. The molecule has 1 aliphatic rings. The Balaban J connectivity index is 1.48. The second kappa shape index (κ2) is 7.59. The molecule has 5 rings (SSSR count). The lowest BCUT2D eigenvalue weighted by molar-refractivity contribution is 0.102. The van der Waals surface area contributed by atoms with Crippen LogP contribution in [-0.2, 0) is 6.54 Å². The quantitative estimate of drug-likeness (QED) is 0.496. The van der Waals surface area contributed by atoms with Crippen LogP contribution in [0.4, 0.5) is 10.2 Å². The van der Waals surface area contributed by atoms with Crippen LogP contribution in [0.1, 0.15) is 40.5 Å². The molecule has 30 heavy (non-hydrogen) atoms. The topological polar surface area (TPSA) is 75.6 Å². The standard InChI is InChI=1S/C23H20FN5O/c24-18-10-8-17(9-11-18)21-22(29(14-25-21)13-15-4-2-1-3-5-15)26-23(30)20-12-19(27-28-20)16-6-7-16/h1-5,8-12,14,16H,6-7,13H2,(H,26,30)(H,27,28). The van der Waals surface area contributed by atoms with Gasteiger partial charge in [0.1, 0.15) is 17.3 Å². The Morgan fingerprint density at radius 1 is 1.13 bits per heavy atom. The van der Waals surface area contributed by atoms with E-state index in [1.165, 1.54) is 12.1 Å². The minimum Gasteiger partial charge on any atom is -0.312 e. The summed E-state index contributed by atoms with van der Waals surface area (Å²) in [4.78, 5) is 17.4. The molecule has 0 radical (unpaired) electrons. The summed E-state index contributed by atoms with van der Waals surface area (Å²) in [5, 5.41) is 10.1. The summed E-state index contributed by atoms with van der Waals surface area (Å²) in [5.41, 5.74) is 3.72. The van der Waals surface area contributed by atoms with Gasteiger partial charge in [0.05, 0.1) is 12.9 Å². The number of hydrogen-bond acceptors (Lipinski definition) is 3. The Bertz CT molecular complexity index is 1180. The third-order valence-electron chi connectivity index (χ3n) is 5.23. The van der Waals surface area contributed by atoms with Gasteiger partial charge in [0.2, 0.25) is 0 Å². The third-order valence-corrected chi connectivity index (χ3v) is 5.23. The molecule has 1 aliphatic carbocycles. The van der Waals surface area contributed by atoms with Crippen molar-refractivity contribution in [3.8, 4) is 11.3 Å². The number of hydrogen-bond donors (Lipinski definition) is 2. The van der Waals surface area contributed by atoms with Crippen LogP contribution < -0.4 is 5.32 Å². The van der Waals surface area contributed by atoms with Gasteiger partial charge in [-0.15, -0.1) is 0 Å². The maximum Gasteiger partial charge on any atom is 0.277 e. The van der Waals surface area contributed by atoms with Crippen LogP contribution >= 0.6 is 0 Å². The summed E-state index contributed by atoms with van der Waals surface area (Å²) < 4.78 is 15.3. The van der Waals surface area contributed by atoms with Crippen molar-refractivity contribution in [1.29, 1.82) is 0 Å². The summed E-state index contributed by atoms with van der Waals surface area (Å²) in [6, 6.07) is 17.8. The number of aromatic amines is 1. The lowest BCUT2D eigenvalue weighted by Crippen LogP contribution is -2.16. The molecule has 0 atom stereocenters. The molecule has 1 amide bonds. The largest absolute Gasteiger partial charge is 0.312 e. The molecule has 2 N–H and O–H groups in total. The van der Waals surface area contributed by atoms with Crippen molar-refractivity contribution in [3.63, 3.8) is 0 Å². The molecular formula is C23H20FN5O. The number of halogens is 1. The smallest absolute Gasteiger partial charge is 0.277 e. The minimum atomic E-state index is -0.322. The average Bonchev–Trinajstić information content (AvgIpc) is 3.37. The van der Waals surface area contributed by atoms with E-state index in [1.807, 2.05) is 41.0 Å². The van der Waals surface area contributed by atoms with Crippen LogP contribution in [0.3, 0.4) is 0 Å².